The van der Waals surface area contributed by atoms with Crippen molar-refractivity contribution in [2.45, 2.75) is 51.0 Å². The molecule has 0 heterocycles. The van der Waals surface area contributed by atoms with Crippen molar-refractivity contribution in [3.8, 4) is 0 Å². The average Bonchev–Trinajstić information content (AvgIpc) is 2.22. The molecule has 1 fully saturated rings. The normalized spacial score (nSPS) is 18.6. The molecule has 0 spiro atoms. The molecule has 4 nitrogen and oxygen atoms in total. The molecule has 0 radical (unpaired) electrons. The maximum Gasteiger partial charge on any atom is 0.317 e. The molecule has 4 heteroatoms. The second kappa shape index (κ2) is 7.49. The topological polar surface area (TPSA) is 52.6 Å². The Hall–Kier alpha value is -0.770. The molecule has 0 atom stereocenters. The van der Waals surface area contributed by atoms with Crippen molar-refractivity contribution in [1.82, 2.24) is 10.2 Å². The van der Waals surface area contributed by atoms with Crippen LogP contribution in [0.4, 0.5) is 4.79 Å². The lowest BCUT2D eigenvalue weighted by atomic mass is 9.97. The first-order valence-electron chi connectivity index (χ1n) is 6.36. The Bertz CT molecular complexity index is 201. The predicted molar refractivity (Wildman–Crippen MR) is 64.4 cm³/mol. The third-order valence-corrected chi connectivity index (χ3v) is 3.21. The Morgan fingerprint density at radius 3 is 2.38 bits per heavy atom. The second-order valence-corrected chi connectivity index (χ2v) is 4.64. The van der Waals surface area contributed by atoms with Crippen LogP contribution in [-0.2, 0) is 0 Å². The van der Waals surface area contributed by atoms with E-state index in [4.69, 9.17) is 5.11 Å². The van der Waals surface area contributed by atoms with Gasteiger partial charge in [-0.15, -0.1) is 0 Å². The molecule has 0 aliphatic heterocycles. The number of hydrogen-bond acceptors (Lipinski definition) is 2. The Morgan fingerprint density at radius 2 is 1.81 bits per heavy atom. The summed E-state index contributed by atoms with van der Waals surface area (Å²) in [5.41, 5.74) is 0. The number of carbonyl (C=O) groups excluding carboxylic acids is 1. The van der Waals surface area contributed by atoms with Gasteiger partial charge in [0.2, 0.25) is 0 Å². The van der Waals surface area contributed by atoms with E-state index in [0.717, 1.165) is 12.8 Å². The molecule has 2 N–H and O–H groups in total. The minimum atomic E-state index is -0.0559. The van der Waals surface area contributed by atoms with Crippen molar-refractivity contribution in [3.05, 3.63) is 0 Å². The lowest BCUT2D eigenvalue weighted by Crippen LogP contribution is -2.44. The SMILES string of the molecule is CN(CCO)C(=O)NC1CCCCCCC1. The quantitative estimate of drug-likeness (QED) is 0.773. The Kier molecular flexibility index (Phi) is 6.23. The van der Waals surface area contributed by atoms with Crippen LogP contribution < -0.4 is 5.32 Å². The minimum absolute atomic E-state index is 0.0224. The predicted octanol–water partition coefficient (Wildman–Crippen LogP) is 1.73. The van der Waals surface area contributed by atoms with Gasteiger partial charge < -0.3 is 15.3 Å². The van der Waals surface area contributed by atoms with Crippen LogP contribution in [0.5, 0.6) is 0 Å². The highest BCUT2D eigenvalue weighted by atomic mass is 16.3. The number of likely N-dealkylation sites (N-methyl/N-ethyl adjacent to an activating group) is 1. The van der Waals surface area contributed by atoms with Crippen molar-refractivity contribution in [2.24, 2.45) is 0 Å². The molecular weight excluding hydrogens is 204 g/mol. The van der Waals surface area contributed by atoms with Crippen LogP contribution in [0.25, 0.3) is 0 Å². The first-order chi connectivity index (χ1) is 7.74. The van der Waals surface area contributed by atoms with Crippen LogP contribution in [0.1, 0.15) is 44.9 Å². The van der Waals surface area contributed by atoms with Gasteiger partial charge in [0.25, 0.3) is 0 Å². The summed E-state index contributed by atoms with van der Waals surface area (Å²) in [6.07, 6.45) is 8.55. The molecule has 0 aromatic rings. The molecule has 0 unspecified atom stereocenters. The summed E-state index contributed by atoms with van der Waals surface area (Å²) in [7, 11) is 1.72. The first kappa shape index (κ1) is 13.3. The molecule has 1 aliphatic rings. The summed E-state index contributed by atoms with van der Waals surface area (Å²) < 4.78 is 0. The van der Waals surface area contributed by atoms with Crippen LogP contribution >= 0.6 is 0 Å². The number of hydrogen-bond donors (Lipinski definition) is 2. The number of nitrogens with zero attached hydrogens (tertiary/aromatic N) is 1. The molecular formula is C12H24N2O2. The molecule has 0 bridgehead atoms. The van der Waals surface area contributed by atoms with Crippen molar-refractivity contribution >= 4 is 6.03 Å². The van der Waals surface area contributed by atoms with E-state index in [1.807, 2.05) is 0 Å². The molecule has 1 saturated carbocycles. The summed E-state index contributed by atoms with van der Waals surface area (Å²) in [5.74, 6) is 0. The standard InChI is InChI=1S/C12H24N2O2/c1-14(9-10-15)12(16)13-11-7-5-3-2-4-6-8-11/h11,15H,2-10H2,1H3,(H,13,16). The zero-order valence-electron chi connectivity index (χ0n) is 10.2. The van der Waals surface area contributed by atoms with Crippen LogP contribution in [0.3, 0.4) is 0 Å². The second-order valence-electron chi connectivity index (χ2n) is 4.64. The van der Waals surface area contributed by atoms with Gasteiger partial charge in [0.1, 0.15) is 0 Å². The lowest BCUT2D eigenvalue weighted by molar-refractivity contribution is 0.185. The van der Waals surface area contributed by atoms with Crippen molar-refractivity contribution in [1.29, 1.82) is 0 Å². The highest BCUT2D eigenvalue weighted by molar-refractivity contribution is 5.74. The average molecular weight is 228 g/mol. The molecule has 16 heavy (non-hydrogen) atoms. The van der Waals surface area contributed by atoms with Crippen LogP contribution in [0.15, 0.2) is 0 Å². The number of rotatable bonds is 3. The highest BCUT2D eigenvalue weighted by Gasteiger charge is 2.15. The van der Waals surface area contributed by atoms with E-state index >= 15 is 0 Å². The smallest absolute Gasteiger partial charge is 0.317 e. The molecule has 1 aliphatic carbocycles. The van der Waals surface area contributed by atoms with Gasteiger partial charge in [-0.25, -0.2) is 4.79 Å². The highest BCUT2D eigenvalue weighted by Crippen LogP contribution is 2.17. The van der Waals surface area contributed by atoms with Crippen LogP contribution in [-0.4, -0.2) is 42.3 Å². The maximum atomic E-state index is 11.7. The van der Waals surface area contributed by atoms with E-state index in [1.54, 1.807) is 11.9 Å². The zero-order chi connectivity index (χ0) is 11.8. The van der Waals surface area contributed by atoms with Crippen molar-refractivity contribution in [3.63, 3.8) is 0 Å². The molecule has 0 aromatic heterocycles. The van der Waals surface area contributed by atoms with Gasteiger partial charge in [0.15, 0.2) is 0 Å². The van der Waals surface area contributed by atoms with Crippen LogP contribution in [0, 0.1) is 0 Å². The fourth-order valence-corrected chi connectivity index (χ4v) is 2.14. The van der Waals surface area contributed by atoms with Gasteiger partial charge in [0, 0.05) is 19.6 Å². The van der Waals surface area contributed by atoms with Gasteiger partial charge in [-0.1, -0.05) is 32.1 Å². The summed E-state index contributed by atoms with van der Waals surface area (Å²) in [6.45, 7) is 0.424. The number of aliphatic hydroxyl groups excluding tert-OH is 1. The van der Waals surface area contributed by atoms with Gasteiger partial charge in [-0.05, 0) is 12.8 Å². The molecule has 0 saturated heterocycles. The van der Waals surface area contributed by atoms with E-state index in [9.17, 15) is 4.79 Å². The monoisotopic (exact) mass is 228 g/mol. The van der Waals surface area contributed by atoms with E-state index < -0.39 is 0 Å². The fourth-order valence-electron chi connectivity index (χ4n) is 2.14. The number of carbonyl (C=O) groups is 1. The fraction of sp³-hybridized carbons (Fsp3) is 0.917. The summed E-state index contributed by atoms with van der Waals surface area (Å²) in [5, 5.41) is 11.8. The molecule has 2 amide bonds. The van der Waals surface area contributed by atoms with E-state index in [1.165, 1.54) is 32.1 Å². The molecule has 1 rings (SSSR count). The number of aliphatic hydroxyl groups is 1. The van der Waals surface area contributed by atoms with Crippen LogP contribution in [0.2, 0.25) is 0 Å². The van der Waals surface area contributed by atoms with Crippen molar-refractivity contribution < 1.29 is 9.90 Å². The molecule has 94 valence electrons. The van der Waals surface area contributed by atoms with Gasteiger partial charge >= 0.3 is 6.03 Å². The Labute approximate surface area is 98.0 Å². The Balaban J connectivity index is 2.29. The largest absolute Gasteiger partial charge is 0.395 e. The third-order valence-electron chi connectivity index (χ3n) is 3.21. The summed E-state index contributed by atoms with van der Waals surface area (Å²) in [4.78, 5) is 13.2. The van der Waals surface area contributed by atoms with Gasteiger partial charge in [0.05, 0.1) is 6.61 Å². The Morgan fingerprint density at radius 1 is 1.25 bits per heavy atom. The van der Waals surface area contributed by atoms with Gasteiger partial charge in [-0.2, -0.15) is 0 Å². The van der Waals surface area contributed by atoms with E-state index in [-0.39, 0.29) is 12.6 Å². The first-order valence-corrected chi connectivity index (χ1v) is 6.36. The lowest BCUT2D eigenvalue weighted by Gasteiger charge is -2.24. The summed E-state index contributed by atoms with van der Waals surface area (Å²) in [6, 6.07) is 0.272. The molecule has 0 aromatic carbocycles. The number of nitrogens with one attached hydrogen (secondary N) is 1. The number of amides is 2. The van der Waals surface area contributed by atoms with Gasteiger partial charge in [-0.3, -0.25) is 0 Å². The van der Waals surface area contributed by atoms with Crippen molar-refractivity contribution in [2.75, 3.05) is 20.2 Å². The number of urea groups is 1. The maximum absolute atomic E-state index is 11.7. The summed E-state index contributed by atoms with van der Waals surface area (Å²) >= 11 is 0. The van der Waals surface area contributed by atoms with E-state index in [0.29, 0.717) is 12.6 Å². The zero-order valence-corrected chi connectivity index (χ0v) is 10.2. The minimum Gasteiger partial charge on any atom is -0.395 e. The van der Waals surface area contributed by atoms with E-state index in [2.05, 4.69) is 5.32 Å². The third kappa shape index (κ3) is 4.84.